The lowest BCUT2D eigenvalue weighted by atomic mass is 9.89. The Morgan fingerprint density at radius 3 is 2.74 bits per heavy atom. The largest absolute Gasteiger partial charge is 0.380 e. The molecule has 0 saturated carbocycles. The summed E-state index contributed by atoms with van der Waals surface area (Å²) < 4.78 is 5.32. The molecule has 1 amide bonds. The number of ether oxygens (including phenoxy) is 1. The van der Waals surface area contributed by atoms with E-state index in [1.165, 1.54) is 6.42 Å². The molecule has 2 aliphatic heterocycles. The van der Waals surface area contributed by atoms with Crippen molar-refractivity contribution in [3.05, 3.63) is 0 Å². The molecule has 0 bridgehead atoms. The van der Waals surface area contributed by atoms with Crippen molar-refractivity contribution < 1.29 is 9.53 Å². The van der Waals surface area contributed by atoms with Crippen LogP contribution in [0.3, 0.4) is 0 Å². The number of nitrogens with zero attached hydrogens (tertiary/aromatic N) is 1. The van der Waals surface area contributed by atoms with Crippen LogP contribution in [0.2, 0.25) is 0 Å². The molecule has 4 nitrogen and oxygen atoms in total. The Morgan fingerprint density at radius 2 is 2.11 bits per heavy atom. The minimum absolute atomic E-state index is 0.0273. The van der Waals surface area contributed by atoms with Crippen LogP contribution in [-0.4, -0.2) is 49.7 Å². The fourth-order valence-electron chi connectivity index (χ4n) is 3.30. The highest BCUT2D eigenvalue weighted by Crippen LogP contribution is 2.25. The SMILES string of the molecule is COC1CNC(C(=O)N2CCCC(C(C)C)CC2)C1. The Hall–Kier alpha value is -0.610. The lowest BCUT2D eigenvalue weighted by Gasteiger charge is -2.24. The van der Waals surface area contributed by atoms with Gasteiger partial charge in [-0.05, 0) is 37.5 Å². The fourth-order valence-corrected chi connectivity index (χ4v) is 3.30. The molecule has 2 aliphatic rings. The number of carbonyl (C=O) groups excluding carboxylic acids is 1. The van der Waals surface area contributed by atoms with Crippen LogP contribution in [0, 0.1) is 11.8 Å². The van der Waals surface area contributed by atoms with Crippen LogP contribution >= 0.6 is 0 Å². The zero-order valence-electron chi connectivity index (χ0n) is 12.5. The number of hydrogen-bond donors (Lipinski definition) is 1. The summed E-state index contributed by atoms with van der Waals surface area (Å²) in [6, 6.07) is -0.0273. The van der Waals surface area contributed by atoms with Crippen molar-refractivity contribution in [2.24, 2.45) is 11.8 Å². The topological polar surface area (TPSA) is 41.6 Å². The van der Waals surface area contributed by atoms with E-state index in [9.17, 15) is 4.79 Å². The quantitative estimate of drug-likeness (QED) is 0.846. The van der Waals surface area contributed by atoms with Gasteiger partial charge in [0.1, 0.15) is 0 Å². The normalized spacial score (nSPS) is 32.6. The lowest BCUT2D eigenvalue weighted by Crippen LogP contribution is -2.44. The second-order valence-electron chi connectivity index (χ2n) is 6.31. The van der Waals surface area contributed by atoms with Gasteiger partial charge in [0.15, 0.2) is 0 Å². The van der Waals surface area contributed by atoms with Crippen molar-refractivity contribution in [1.29, 1.82) is 0 Å². The van der Waals surface area contributed by atoms with Crippen molar-refractivity contribution in [3.8, 4) is 0 Å². The van der Waals surface area contributed by atoms with Crippen molar-refractivity contribution >= 4 is 5.91 Å². The van der Waals surface area contributed by atoms with Crippen LogP contribution < -0.4 is 5.32 Å². The number of methoxy groups -OCH3 is 1. The van der Waals surface area contributed by atoms with Gasteiger partial charge in [0.2, 0.25) is 5.91 Å². The van der Waals surface area contributed by atoms with Gasteiger partial charge in [-0.3, -0.25) is 4.79 Å². The van der Waals surface area contributed by atoms with Gasteiger partial charge in [0.25, 0.3) is 0 Å². The Balaban J connectivity index is 1.86. The number of rotatable bonds is 3. The molecule has 0 aromatic carbocycles. The van der Waals surface area contributed by atoms with Gasteiger partial charge in [0.05, 0.1) is 12.1 Å². The molecular weight excluding hydrogens is 240 g/mol. The van der Waals surface area contributed by atoms with E-state index in [2.05, 4.69) is 24.1 Å². The second kappa shape index (κ2) is 6.71. The van der Waals surface area contributed by atoms with E-state index in [-0.39, 0.29) is 18.1 Å². The molecule has 0 aromatic heterocycles. The van der Waals surface area contributed by atoms with Crippen LogP contribution in [0.5, 0.6) is 0 Å². The maximum absolute atomic E-state index is 12.5. The van der Waals surface area contributed by atoms with Crippen LogP contribution in [0.25, 0.3) is 0 Å². The predicted molar refractivity (Wildman–Crippen MR) is 76.0 cm³/mol. The van der Waals surface area contributed by atoms with Crippen molar-refractivity contribution in [3.63, 3.8) is 0 Å². The molecule has 0 aromatic rings. The van der Waals surface area contributed by atoms with Crippen molar-refractivity contribution in [2.75, 3.05) is 26.7 Å². The number of nitrogens with one attached hydrogen (secondary N) is 1. The van der Waals surface area contributed by atoms with Gasteiger partial charge < -0.3 is 15.0 Å². The molecule has 2 fully saturated rings. The first-order valence-corrected chi connectivity index (χ1v) is 7.66. The van der Waals surface area contributed by atoms with Gasteiger partial charge in [-0.2, -0.15) is 0 Å². The molecule has 0 spiro atoms. The summed E-state index contributed by atoms with van der Waals surface area (Å²) in [5.41, 5.74) is 0. The highest BCUT2D eigenvalue weighted by atomic mass is 16.5. The van der Waals surface area contributed by atoms with E-state index in [4.69, 9.17) is 4.74 Å². The van der Waals surface area contributed by atoms with E-state index in [0.717, 1.165) is 50.7 Å². The maximum atomic E-state index is 12.5. The maximum Gasteiger partial charge on any atom is 0.239 e. The summed E-state index contributed by atoms with van der Waals surface area (Å²) in [5, 5.41) is 3.29. The molecule has 0 radical (unpaired) electrons. The minimum atomic E-state index is -0.0273. The first kappa shape index (κ1) is 14.8. The number of likely N-dealkylation sites (tertiary alicyclic amines) is 1. The summed E-state index contributed by atoms with van der Waals surface area (Å²) in [7, 11) is 1.72. The first-order valence-electron chi connectivity index (χ1n) is 7.66. The Labute approximate surface area is 116 Å². The number of hydrogen-bond acceptors (Lipinski definition) is 3. The summed E-state index contributed by atoms with van der Waals surface area (Å²) in [6.45, 7) is 7.25. The standard InChI is InChI=1S/C15H28N2O2/c1-11(2)12-5-4-7-17(8-6-12)15(18)14-9-13(19-3)10-16-14/h11-14,16H,4-10H2,1-3H3. The zero-order valence-corrected chi connectivity index (χ0v) is 12.5. The highest BCUT2D eigenvalue weighted by molar-refractivity contribution is 5.82. The predicted octanol–water partition coefficient (Wildman–Crippen LogP) is 1.65. The van der Waals surface area contributed by atoms with Crippen LogP contribution in [0.4, 0.5) is 0 Å². The zero-order chi connectivity index (χ0) is 13.8. The number of carbonyl (C=O) groups is 1. The first-order chi connectivity index (χ1) is 9.11. The highest BCUT2D eigenvalue weighted by Gasteiger charge is 2.33. The van der Waals surface area contributed by atoms with Crippen LogP contribution in [-0.2, 0) is 9.53 Å². The molecule has 4 heteroatoms. The van der Waals surface area contributed by atoms with Gasteiger partial charge in [-0.1, -0.05) is 13.8 Å². The fraction of sp³-hybridized carbons (Fsp3) is 0.933. The van der Waals surface area contributed by atoms with Crippen molar-refractivity contribution in [1.82, 2.24) is 10.2 Å². The Bertz CT molecular complexity index is 307. The molecule has 2 heterocycles. The van der Waals surface area contributed by atoms with E-state index >= 15 is 0 Å². The van der Waals surface area contributed by atoms with Crippen LogP contribution in [0.15, 0.2) is 0 Å². The molecule has 3 atom stereocenters. The lowest BCUT2D eigenvalue weighted by molar-refractivity contribution is -0.133. The Morgan fingerprint density at radius 1 is 1.32 bits per heavy atom. The minimum Gasteiger partial charge on any atom is -0.380 e. The average Bonchev–Trinajstić information content (AvgIpc) is 2.74. The van der Waals surface area contributed by atoms with Gasteiger partial charge in [-0.25, -0.2) is 0 Å². The van der Waals surface area contributed by atoms with Gasteiger partial charge in [-0.15, -0.1) is 0 Å². The smallest absolute Gasteiger partial charge is 0.239 e. The molecule has 2 saturated heterocycles. The summed E-state index contributed by atoms with van der Waals surface area (Å²) >= 11 is 0. The van der Waals surface area contributed by atoms with E-state index in [1.54, 1.807) is 7.11 Å². The molecule has 1 N–H and O–H groups in total. The number of amides is 1. The van der Waals surface area contributed by atoms with Gasteiger partial charge >= 0.3 is 0 Å². The summed E-state index contributed by atoms with van der Waals surface area (Å²) in [6.07, 6.45) is 4.59. The molecule has 0 aliphatic carbocycles. The van der Waals surface area contributed by atoms with Gasteiger partial charge in [0, 0.05) is 26.7 Å². The van der Waals surface area contributed by atoms with Crippen LogP contribution in [0.1, 0.15) is 39.5 Å². The second-order valence-corrected chi connectivity index (χ2v) is 6.31. The van der Waals surface area contributed by atoms with E-state index in [0.29, 0.717) is 0 Å². The Kier molecular flexibility index (Phi) is 5.22. The van der Waals surface area contributed by atoms with E-state index < -0.39 is 0 Å². The molecule has 3 unspecified atom stereocenters. The van der Waals surface area contributed by atoms with E-state index in [1.807, 2.05) is 0 Å². The summed E-state index contributed by atoms with van der Waals surface area (Å²) in [4.78, 5) is 14.6. The molecule has 19 heavy (non-hydrogen) atoms. The third kappa shape index (κ3) is 3.69. The third-order valence-corrected chi connectivity index (χ3v) is 4.75. The average molecular weight is 268 g/mol. The molecular formula is C15H28N2O2. The molecule has 2 rings (SSSR count). The summed E-state index contributed by atoms with van der Waals surface area (Å²) in [5.74, 6) is 1.79. The molecule has 110 valence electrons. The monoisotopic (exact) mass is 268 g/mol. The third-order valence-electron chi connectivity index (χ3n) is 4.75. The van der Waals surface area contributed by atoms with Crippen molar-refractivity contribution in [2.45, 2.75) is 51.7 Å².